The Morgan fingerprint density at radius 3 is 1.27 bits per heavy atom. The molecule has 348 valence electrons. The van der Waals surface area contributed by atoms with Crippen molar-refractivity contribution in [3.8, 4) is 0 Å². The maximum atomic E-state index is 12.6. The summed E-state index contributed by atoms with van der Waals surface area (Å²) < 4.78 is 32.8. The molecule has 10 heteroatoms. The summed E-state index contributed by atoms with van der Waals surface area (Å²) >= 11 is 0. The smallest absolute Gasteiger partial charge is 0.462 e. The van der Waals surface area contributed by atoms with Crippen LogP contribution >= 0.6 is 7.82 Å². The van der Waals surface area contributed by atoms with Gasteiger partial charge in [0, 0.05) is 19.4 Å². The van der Waals surface area contributed by atoms with Crippen molar-refractivity contribution < 1.29 is 37.6 Å². The zero-order valence-corrected chi connectivity index (χ0v) is 39.4. The molecule has 1 unspecified atom stereocenters. The Balaban J connectivity index is 4.04. The number of nitrogens with two attached hydrogens (primary N) is 1. The van der Waals surface area contributed by atoms with E-state index in [9.17, 15) is 19.0 Å². The van der Waals surface area contributed by atoms with Crippen LogP contribution in [0.1, 0.15) is 245 Å². The Kier molecular flexibility index (Phi) is 44.8. The SMILES string of the molecule is CCCCCC/C=C/CCCCCCCCCC(=O)O[C@@H](COC(=O)CCC/C=C/CCCCCCCCCCCCCCCCCCCC)COP(=O)(O)OCCN. The first-order valence-electron chi connectivity index (χ1n) is 24.8. The number of rotatable bonds is 47. The van der Waals surface area contributed by atoms with Crippen molar-refractivity contribution in [1.82, 2.24) is 0 Å². The third-order valence-electron chi connectivity index (χ3n) is 10.8. The first-order chi connectivity index (χ1) is 28.8. The van der Waals surface area contributed by atoms with Gasteiger partial charge < -0.3 is 20.1 Å². The molecule has 0 rings (SSSR count). The molecule has 3 N–H and O–H groups in total. The second-order valence-corrected chi connectivity index (χ2v) is 18.1. The van der Waals surface area contributed by atoms with Crippen LogP contribution in [0.3, 0.4) is 0 Å². The fraction of sp³-hybridized carbons (Fsp3) is 0.878. The molecule has 0 aliphatic heterocycles. The minimum absolute atomic E-state index is 0.0509. The van der Waals surface area contributed by atoms with Gasteiger partial charge in [-0.05, 0) is 57.8 Å². The van der Waals surface area contributed by atoms with Crippen molar-refractivity contribution in [2.45, 2.75) is 251 Å². The van der Waals surface area contributed by atoms with Crippen LogP contribution in [0.15, 0.2) is 24.3 Å². The van der Waals surface area contributed by atoms with E-state index in [1.54, 1.807) is 0 Å². The molecule has 0 aliphatic rings. The minimum atomic E-state index is -4.38. The van der Waals surface area contributed by atoms with E-state index in [1.165, 1.54) is 167 Å². The Morgan fingerprint density at radius 2 is 0.847 bits per heavy atom. The zero-order valence-electron chi connectivity index (χ0n) is 38.5. The minimum Gasteiger partial charge on any atom is -0.462 e. The molecule has 59 heavy (non-hydrogen) atoms. The lowest BCUT2D eigenvalue weighted by atomic mass is 10.0. The molecule has 0 fully saturated rings. The van der Waals surface area contributed by atoms with Crippen molar-refractivity contribution in [2.24, 2.45) is 5.73 Å². The van der Waals surface area contributed by atoms with Gasteiger partial charge in [-0.2, -0.15) is 0 Å². The number of carbonyl (C=O) groups is 2. The molecule has 0 aromatic carbocycles. The first-order valence-corrected chi connectivity index (χ1v) is 26.3. The molecule has 0 spiro atoms. The zero-order chi connectivity index (χ0) is 43.2. The summed E-state index contributed by atoms with van der Waals surface area (Å²) in [5.74, 6) is -0.861. The average molecular weight is 856 g/mol. The van der Waals surface area contributed by atoms with Crippen molar-refractivity contribution in [1.29, 1.82) is 0 Å². The molecule has 0 radical (unpaired) electrons. The largest absolute Gasteiger partial charge is 0.472 e. The lowest BCUT2D eigenvalue weighted by Crippen LogP contribution is -2.29. The van der Waals surface area contributed by atoms with Gasteiger partial charge in [-0.15, -0.1) is 0 Å². The number of unbranched alkanes of at least 4 members (excludes halogenated alkanes) is 30. The van der Waals surface area contributed by atoms with Crippen LogP contribution in [-0.4, -0.2) is 49.3 Å². The van der Waals surface area contributed by atoms with Gasteiger partial charge in [0.2, 0.25) is 0 Å². The maximum absolute atomic E-state index is 12.6. The highest BCUT2D eigenvalue weighted by molar-refractivity contribution is 7.47. The fourth-order valence-corrected chi connectivity index (χ4v) is 7.87. The van der Waals surface area contributed by atoms with E-state index in [0.717, 1.165) is 38.5 Å². The van der Waals surface area contributed by atoms with Gasteiger partial charge in [-0.25, -0.2) is 4.57 Å². The van der Waals surface area contributed by atoms with Gasteiger partial charge in [0.25, 0.3) is 0 Å². The van der Waals surface area contributed by atoms with E-state index in [2.05, 4.69) is 38.2 Å². The molecule has 0 bridgehead atoms. The molecular formula is C49H94NO8P. The number of carbonyl (C=O) groups excluding carboxylic acids is 2. The third-order valence-corrected chi connectivity index (χ3v) is 11.8. The van der Waals surface area contributed by atoms with Crippen LogP contribution in [0.25, 0.3) is 0 Å². The van der Waals surface area contributed by atoms with Crippen molar-refractivity contribution in [3.63, 3.8) is 0 Å². The first kappa shape index (κ1) is 57.5. The average Bonchev–Trinajstić information content (AvgIpc) is 3.22. The van der Waals surface area contributed by atoms with Crippen molar-refractivity contribution >= 4 is 19.8 Å². The van der Waals surface area contributed by atoms with E-state index < -0.39 is 32.5 Å². The maximum Gasteiger partial charge on any atom is 0.472 e. The van der Waals surface area contributed by atoms with Crippen LogP contribution in [-0.2, 0) is 32.7 Å². The van der Waals surface area contributed by atoms with E-state index in [0.29, 0.717) is 12.8 Å². The summed E-state index contributed by atoms with van der Waals surface area (Å²) in [5.41, 5.74) is 5.36. The van der Waals surface area contributed by atoms with E-state index in [1.807, 2.05) is 0 Å². The summed E-state index contributed by atoms with van der Waals surface area (Å²) in [4.78, 5) is 34.9. The molecule has 0 aromatic rings. The van der Waals surface area contributed by atoms with Gasteiger partial charge >= 0.3 is 19.8 Å². The summed E-state index contributed by atoms with van der Waals surface area (Å²) in [6, 6.07) is 0. The van der Waals surface area contributed by atoms with E-state index in [4.69, 9.17) is 24.3 Å². The standard InChI is InChI=1S/C49H94NO8P/c1-3-5-7-9-11-13-15-17-19-20-21-22-23-24-25-26-28-29-31-33-35-37-39-41-48(51)55-45-47(46-57-59(53,54)56-44-43-50)58-49(52)42-40-38-36-34-32-30-27-18-16-14-12-10-8-6-4-2/h14,16,33,35,47H,3-13,15,17-32,34,36-46,50H2,1-2H3,(H,53,54)/b16-14+,35-33+/t47-/m0/s1. The second kappa shape index (κ2) is 46.0. The van der Waals surface area contributed by atoms with Crippen LogP contribution in [0.5, 0.6) is 0 Å². The van der Waals surface area contributed by atoms with Gasteiger partial charge in [0.05, 0.1) is 13.2 Å². The summed E-state index contributed by atoms with van der Waals surface area (Å²) in [7, 11) is -4.38. The number of ether oxygens (including phenoxy) is 2. The monoisotopic (exact) mass is 856 g/mol. The summed E-state index contributed by atoms with van der Waals surface area (Å²) in [5, 5.41) is 0. The molecule has 9 nitrogen and oxygen atoms in total. The quantitative estimate of drug-likeness (QED) is 0.0265. The number of phosphoric acid groups is 1. The predicted molar refractivity (Wildman–Crippen MR) is 247 cm³/mol. The topological polar surface area (TPSA) is 134 Å². The molecule has 2 atom stereocenters. The normalized spacial score (nSPS) is 13.4. The summed E-state index contributed by atoms with van der Waals surface area (Å²) in [6.07, 6.45) is 50.9. The predicted octanol–water partition coefficient (Wildman–Crippen LogP) is 14.7. The summed E-state index contributed by atoms with van der Waals surface area (Å²) in [6.45, 7) is 3.72. The van der Waals surface area contributed by atoms with Crippen molar-refractivity contribution in [2.75, 3.05) is 26.4 Å². The molecule has 0 aromatic heterocycles. The van der Waals surface area contributed by atoms with Crippen molar-refractivity contribution in [3.05, 3.63) is 24.3 Å². The fourth-order valence-electron chi connectivity index (χ4n) is 7.11. The number of hydrogen-bond donors (Lipinski definition) is 2. The highest BCUT2D eigenvalue weighted by Crippen LogP contribution is 2.43. The Bertz CT molecular complexity index is 1020. The molecule has 0 heterocycles. The third kappa shape index (κ3) is 45.8. The number of phosphoric ester groups is 1. The Morgan fingerprint density at radius 1 is 0.492 bits per heavy atom. The van der Waals surface area contributed by atoms with Gasteiger partial charge in [-0.1, -0.05) is 199 Å². The van der Waals surface area contributed by atoms with Crippen LogP contribution < -0.4 is 5.73 Å². The molecule has 0 saturated heterocycles. The lowest BCUT2D eigenvalue weighted by molar-refractivity contribution is -0.161. The van der Waals surface area contributed by atoms with Gasteiger partial charge in [0.15, 0.2) is 6.10 Å². The van der Waals surface area contributed by atoms with Crippen LogP contribution in [0.2, 0.25) is 0 Å². The van der Waals surface area contributed by atoms with Gasteiger partial charge in [-0.3, -0.25) is 18.6 Å². The molecular weight excluding hydrogens is 762 g/mol. The highest BCUT2D eigenvalue weighted by Gasteiger charge is 2.26. The second-order valence-electron chi connectivity index (χ2n) is 16.7. The molecule has 0 saturated carbocycles. The van der Waals surface area contributed by atoms with Crippen LogP contribution in [0.4, 0.5) is 0 Å². The van der Waals surface area contributed by atoms with Crippen LogP contribution in [0, 0.1) is 0 Å². The number of hydrogen-bond acceptors (Lipinski definition) is 8. The number of allylic oxidation sites excluding steroid dienone is 4. The highest BCUT2D eigenvalue weighted by atomic mass is 31.2. The molecule has 0 amide bonds. The Hall–Kier alpha value is -1.51. The van der Waals surface area contributed by atoms with E-state index in [-0.39, 0.29) is 32.6 Å². The number of esters is 2. The van der Waals surface area contributed by atoms with Gasteiger partial charge in [0.1, 0.15) is 6.61 Å². The molecule has 0 aliphatic carbocycles. The lowest BCUT2D eigenvalue weighted by Gasteiger charge is -2.19. The van der Waals surface area contributed by atoms with E-state index >= 15 is 0 Å². The Labute approximate surface area is 363 Å².